The number of amides is 1. The summed E-state index contributed by atoms with van der Waals surface area (Å²) in [7, 11) is 0. The van der Waals surface area contributed by atoms with Gasteiger partial charge in [-0.2, -0.15) is 4.98 Å². The first-order valence-corrected chi connectivity index (χ1v) is 8.57. The molecular formula is C18H20N3O2S+. The maximum absolute atomic E-state index is 12.6. The summed E-state index contributed by atoms with van der Waals surface area (Å²) in [5.41, 5.74) is 9.55. The number of aromatic nitrogens is 1. The Morgan fingerprint density at radius 1 is 1.29 bits per heavy atom. The molecule has 0 radical (unpaired) electrons. The summed E-state index contributed by atoms with van der Waals surface area (Å²) < 4.78 is 5.40. The molecule has 2 heterocycles. The zero-order valence-electron chi connectivity index (χ0n) is 13.9. The molecule has 0 saturated carbocycles. The molecule has 0 bridgehead atoms. The molecular weight excluding hydrogens is 322 g/mol. The standard InChI is InChI=1S/C18H19N3O2S/c1-4-23-13-7-5-12(6-8-13)21-17(22)16-15(19)14-10(2)9-11(3)20-18(14)24-16/h5-9H,4,19H2,1-3H3,(H,21,22)/p+1. The minimum atomic E-state index is -0.205. The van der Waals surface area contributed by atoms with Crippen LogP contribution in [0, 0.1) is 13.8 Å². The van der Waals surface area contributed by atoms with E-state index in [2.05, 4.69) is 10.3 Å². The molecule has 24 heavy (non-hydrogen) atoms. The number of carbonyl (C=O) groups is 1. The van der Waals surface area contributed by atoms with Gasteiger partial charge in [0.15, 0.2) is 5.69 Å². The summed E-state index contributed by atoms with van der Waals surface area (Å²) in [6.45, 7) is 6.53. The monoisotopic (exact) mass is 342 g/mol. The number of aromatic amines is 1. The van der Waals surface area contributed by atoms with Crippen molar-refractivity contribution < 1.29 is 14.5 Å². The van der Waals surface area contributed by atoms with Crippen molar-refractivity contribution in [3.63, 3.8) is 0 Å². The molecule has 0 fully saturated rings. The molecule has 0 aliphatic carbocycles. The number of ether oxygens (including phenoxy) is 1. The summed E-state index contributed by atoms with van der Waals surface area (Å²) in [4.78, 5) is 17.3. The first-order chi connectivity index (χ1) is 11.5. The third kappa shape index (κ3) is 3.05. The highest BCUT2D eigenvalue weighted by Crippen LogP contribution is 2.34. The van der Waals surface area contributed by atoms with E-state index >= 15 is 0 Å². The summed E-state index contributed by atoms with van der Waals surface area (Å²) in [6.07, 6.45) is 0. The van der Waals surface area contributed by atoms with Crippen LogP contribution in [0.4, 0.5) is 11.4 Å². The van der Waals surface area contributed by atoms with Gasteiger partial charge in [0.1, 0.15) is 10.6 Å². The Morgan fingerprint density at radius 3 is 2.67 bits per heavy atom. The number of rotatable bonds is 4. The van der Waals surface area contributed by atoms with Gasteiger partial charge in [-0.15, -0.1) is 0 Å². The number of pyridine rings is 1. The minimum absolute atomic E-state index is 0.205. The van der Waals surface area contributed by atoms with E-state index in [0.717, 1.165) is 27.2 Å². The average Bonchev–Trinajstić information content (AvgIpc) is 2.86. The van der Waals surface area contributed by atoms with Crippen molar-refractivity contribution in [2.24, 2.45) is 0 Å². The van der Waals surface area contributed by atoms with Crippen molar-refractivity contribution in [1.82, 2.24) is 0 Å². The molecule has 5 nitrogen and oxygen atoms in total. The number of nitrogens with two attached hydrogens (primary N) is 1. The summed E-state index contributed by atoms with van der Waals surface area (Å²) >= 11 is 1.37. The second kappa shape index (κ2) is 6.49. The van der Waals surface area contributed by atoms with E-state index in [1.807, 2.05) is 51.1 Å². The van der Waals surface area contributed by atoms with Crippen LogP contribution < -0.4 is 20.8 Å². The smallest absolute Gasteiger partial charge is 0.270 e. The quantitative estimate of drug-likeness (QED) is 0.761. The Morgan fingerprint density at radius 2 is 2.00 bits per heavy atom. The molecule has 0 atom stereocenters. The third-order valence-electron chi connectivity index (χ3n) is 3.71. The fourth-order valence-electron chi connectivity index (χ4n) is 2.69. The van der Waals surface area contributed by atoms with E-state index in [1.54, 1.807) is 0 Å². The maximum Gasteiger partial charge on any atom is 0.270 e. The number of nitrogens with one attached hydrogen (secondary N) is 2. The number of H-pyrrole nitrogens is 1. The molecule has 0 saturated heterocycles. The molecule has 6 heteroatoms. The lowest BCUT2D eigenvalue weighted by Gasteiger charge is -2.06. The Hall–Kier alpha value is -2.60. The zero-order valence-corrected chi connectivity index (χ0v) is 14.7. The van der Waals surface area contributed by atoms with E-state index in [-0.39, 0.29) is 5.91 Å². The van der Waals surface area contributed by atoms with Crippen LogP contribution >= 0.6 is 11.3 Å². The SMILES string of the molecule is CCOc1ccc(NC(=O)c2sc3[nH+]c(C)cc(C)c3c2N)cc1. The Labute approximate surface area is 144 Å². The van der Waals surface area contributed by atoms with Gasteiger partial charge in [-0.05, 0) is 43.7 Å². The summed E-state index contributed by atoms with van der Waals surface area (Å²) in [5, 5.41) is 3.80. The van der Waals surface area contributed by atoms with Gasteiger partial charge in [-0.25, -0.2) is 0 Å². The molecule has 0 unspecified atom stereocenters. The van der Waals surface area contributed by atoms with Crippen LogP contribution in [0.3, 0.4) is 0 Å². The second-order valence-electron chi connectivity index (χ2n) is 5.60. The summed E-state index contributed by atoms with van der Waals surface area (Å²) in [5.74, 6) is 0.570. The second-order valence-corrected chi connectivity index (χ2v) is 6.62. The lowest BCUT2D eigenvalue weighted by molar-refractivity contribution is -0.351. The third-order valence-corrected chi connectivity index (χ3v) is 4.83. The molecule has 0 aliphatic rings. The fourth-order valence-corrected chi connectivity index (χ4v) is 3.84. The number of nitrogen functional groups attached to an aromatic ring is 1. The van der Waals surface area contributed by atoms with Crippen LogP contribution in [-0.2, 0) is 0 Å². The van der Waals surface area contributed by atoms with Gasteiger partial charge in [0, 0.05) is 18.7 Å². The highest BCUT2D eigenvalue weighted by Gasteiger charge is 2.22. The van der Waals surface area contributed by atoms with E-state index in [9.17, 15) is 4.79 Å². The predicted octanol–water partition coefficient (Wildman–Crippen LogP) is 3.57. The van der Waals surface area contributed by atoms with Gasteiger partial charge in [-0.3, -0.25) is 4.79 Å². The highest BCUT2D eigenvalue weighted by molar-refractivity contribution is 7.20. The average molecular weight is 342 g/mol. The van der Waals surface area contributed by atoms with Crippen molar-refractivity contribution >= 4 is 38.8 Å². The van der Waals surface area contributed by atoms with Crippen molar-refractivity contribution in [3.05, 3.63) is 46.5 Å². The number of benzene rings is 1. The Kier molecular flexibility index (Phi) is 4.40. The lowest BCUT2D eigenvalue weighted by atomic mass is 10.1. The number of carbonyl (C=O) groups excluding carboxylic acids is 1. The van der Waals surface area contributed by atoms with E-state index in [0.29, 0.717) is 22.9 Å². The van der Waals surface area contributed by atoms with Crippen molar-refractivity contribution in [1.29, 1.82) is 0 Å². The number of anilines is 2. The van der Waals surface area contributed by atoms with Crippen LogP contribution in [0.2, 0.25) is 0 Å². The fraction of sp³-hybridized carbons (Fsp3) is 0.222. The predicted molar refractivity (Wildman–Crippen MR) is 97.8 cm³/mol. The molecule has 3 rings (SSSR count). The molecule has 0 aliphatic heterocycles. The van der Waals surface area contributed by atoms with Crippen molar-refractivity contribution in [3.8, 4) is 5.75 Å². The maximum atomic E-state index is 12.6. The first-order valence-electron chi connectivity index (χ1n) is 7.75. The van der Waals surface area contributed by atoms with Gasteiger partial charge in [-0.1, -0.05) is 11.3 Å². The van der Waals surface area contributed by atoms with E-state index in [1.165, 1.54) is 11.3 Å². The molecule has 2 aromatic heterocycles. The van der Waals surface area contributed by atoms with Crippen molar-refractivity contribution in [2.75, 3.05) is 17.7 Å². The van der Waals surface area contributed by atoms with Crippen molar-refractivity contribution in [2.45, 2.75) is 20.8 Å². The number of thiophene rings is 1. The van der Waals surface area contributed by atoms with Crippen LogP contribution in [-0.4, -0.2) is 12.5 Å². The molecule has 3 aromatic rings. The van der Waals surface area contributed by atoms with Crippen LogP contribution in [0.25, 0.3) is 10.2 Å². The molecule has 1 amide bonds. The Bertz CT molecular complexity index is 901. The molecule has 4 N–H and O–H groups in total. The number of hydrogen-bond donors (Lipinski definition) is 2. The summed E-state index contributed by atoms with van der Waals surface area (Å²) in [6, 6.07) is 9.31. The minimum Gasteiger partial charge on any atom is -0.494 e. The van der Waals surface area contributed by atoms with Gasteiger partial charge >= 0.3 is 0 Å². The highest BCUT2D eigenvalue weighted by atomic mass is 32.1. The topological polar surface area (TPSA) is 78.5 Å². The van der Waals surface area contributed by atoms with E-state index in [4.69, 9.17) is 10.5 Å². The van der Waals surface area contributed by atoms with Gasteiger partial charge in [0.25, 0.3) is 10.7 Å². The largest absolute Gasteiger partial charge is 0.494 e. The molecule has 0 spiro atoms. The van der Waals surface area contributed by atoms with Gasteiger partial charge in [0.2, 0.25) is 0 Å². The Balaban J connectivity index is 1.88. The van der Waals surface area contributed by atoms with Crippen LogP contribution in [0.5, 0.6) is 5.75 Å². The number of aryl methyl sites for hydroxylation is 2. The molecule has 124 valence electrons. The van der Waals surface area contributed by atoms with Gasteiger partial charge in [0.05, 0.1) is 17.7 Å². The number of fused-ring (bicyclic) bond motifs is 1. The van der Waals surface area contributed by atoms with Crippen LogP contribution in [0.1, 0.15) is 27.9 Å². The zero-order chi connectivity index (χ0) is 17.3. The van der Waals surface area contributed by atoms with E-state index < -0.39 is 0 Å². The molecule has 1 aromatic carbocycles. The lowest BCUT2D eigenvalue weighted by Crippen LogP contribution is -2.11. The van der Waals surface area contributed by atoms with Gasteiger partial charge < -0.3 is 15.8 Å². The number of hydrogen-bond acceptors (Lipinski definition) is 4. The first kappa shape index (κ1) is 16.3. The van der Waals surface area contributed by atoms with Crippen LogP contribution in [0.15, 0.2) is 30.3 Å². The normalized spacial score (nSPS) is 10.8.